The van der Waals surface area contributed by atoms with Crippen molar-refractivity contribution in [3.8, 4) is 0 Å². The molecule has 1 N–H and O–H groups in total. The number of carboxylic acid groups (broad SMARTS) is 1. The van der Waals surface area contributed by atoms with Crippen LogP contribution in [0.5, 0.6) is 0 Å². The van der Waals surface area contributed by atoms with Gasteiger partial charge in [-0.25, -0.2) is 4.79 Å². The van der Waals surface area contributed by atoms with Crippen molar-refractivity contribution in [1.29, 1.82) is 0 Å². The van der Waals surface area contributed by atoms with Crippen molar-refractivity contribution in [2.75, 3.05) is 20.1 Å². The maximum Gasteiger partial charge on any atom is 0.326 e. The molecule has 0 saturated carbocycles. The van der Waals surface area contributed by atoms with Gasteiger partial charge >= 0.3 is 5.97 Å². The van der Waals surface area contributed by atoms with Gasteiger partial charge in [-0.05, 0) is 30.2 Å². The van der Waals surface area contributed by atoms with Crippen LogP contribution in [0.2, 0.25) is 0 Å². The van der Waals surface area contributed by atoms with E-state index in [0.717, 1.165) is 6.42 Å². The van der Waals surface area contributed by atoms with Gasteiger partial charge in [0.1, 0.15) is 6.04 Å². The number of nitrogens with zero attached hydrogens (tertiary/aromatic N) is 2. The quantitative estimate of drug-likeness (QED) is 0.911. The summed E-state index contributed by atoms with van der Waals surface area (Å²) in [5.74, 6) is -1.23. The number of aliphatic carboxylic acids is 1. The highest BCUT2D eigenvalue weighted by Crippen LogP contribution is 2.23. The predicted octanol–water partition coefficient (Wildman–Crippen LogP) is 1.53. The maximum atomic E-state index is 12.4. The zero-order valence-electron chi connectivity index (χ0n) is 12.7. The third-order valence-electron chi connectivity index (χ3n) is 3.92. The minimum absolute atomic E-state index is 0.102. The SMILES string of the molecule is CC1CCN(C(=O)CN(C)C(=O)c2cccs2)C(C(=O)O)C1. The number of piperidine rings is 1. The number of likely N-dealkylation sites (N-methyl/N-ethyl adjacent to an activating group) is 1. The summed E-state index contributed by atoms with van der Waals surface area (Å²) >= 11 is 1.32. The molecule has 2 unspecified atom stereocenters. The zero-order chi connectivity index (χ0) is 16.3. The lowest BCUT2D eigenvalue weighted by Crippen LogP contribution is -2.52. The summed E-state index contributed by atoms with van der Waals surface area (Å²) in [5, 5.41) is 11.1. The molecule has 2 atom stereocenters. The molecule has 2 amide bonds. The first-order chi connectivity index (χ1) is 10.4. The van der Waals surface area contributed by atoms with Crippen molar-refractivity contribution < 1.29 is 19.5 Å². The number of hydrogen-bond acceptors (Lipinski definition) is 4. The molecule has 120 valence electrons. The van der Waals surface area contributed by atoms with E-state index in [1.54, 1.807) is 24.6 Å². The fourth-order valence-corrected chi connectivity index (χ4v) is 3.35. The molecule has 22 heavy (non-hydrogen) atoms. The Labute approximate surface area is 133 Å². The molecule has 2 rings (SSSR count). The number of thiophene rings is 1. The van der Waals surface area contributed by atoms with Crippen molar-refractivity contribution in [2.24, 2.45) is 5.92 Å². The number of hydrogen-bond donors (Lipinski definition) is 1. The largest absolute Gasteiger partial charge is 0.480 e. The average molecular weight is 324 g/mol. The second-order valence-corrected chi connectivity index (χ2v) is 6.66. The van der Waals surface area contributed by atoms with Crippen LogP contribution in [0.15, 0.2) is 17.5 Å². The Balaban J connectivity index is 2.01. The first kappa shape index (κ1) is 16.5. The number of carboxylic acids is 1. The highest BCUT2D eigenvalue weighted by molar-refractivity contribution is 7.12. The van der Waals surface area contributed by atoms with E-state index in [-0.39, 0.29) is 24.3 Å². The first-order valence-corrected chi connectivity index (χ1v) is 8.09. The van der Waals surface area contributed by atoms with E-state index >= 15 is 0 Å². The van der Waals surface area contributed by atoms with Gasteiger partial charge in [0.2, 0.25) is 5.91 Å². The van der Waals surface area contributed by atoms with E-state index in [4.69, 9.17) is 0 Å². The van der Waals surface area contributed by atoms with Crippen LogP contribution in [0.1, 0.15) is 29.4 Å². The summed E-state index contributed by atoms with van der Waals surface area (Å²) in [6, 6.07) is 2.69. The van der Waals surface area contributed by atoms with Crippen LogP contribution in [0.25, 0.3) is 0 Å². The third kappa shape index (κ3) is 3.65. The van der Waals surface area contributed by atoms with Crippen molar-refractivity contribution in [3.05, 3.63) is 22.4 Å². The molecule has 6 nitrogen and oxygen atoms in total. The van der Waals surface area contributed by atoms with Crippen LogP contribution in [-0.4, -0.2) is 58.9 Å². The van der Waals surface area contributed by atoms with Gasteiger partial charge in [-0.2, -0.15) is 0 Å². The fourth-order valence-electron chi connectivity index (χ4n) is 2.63. The number of likely N-dealkylation sites (tertiary alicyclic amines) is 1. The molecular formula is C15H20N2O4S. The first-order valence-electron chi connectivity index (χ1n) is 7.21. The molecule has 1 aliphatic rings. The molecule has 1 fully saturated rings. The van der Waals surface area contributed by atoms with Crippen molar-refractivity contribution >= 4 is 29.1 Å². The Morgan fingerprint density at radius 1 is 1.45 bits per heavy atom. The Hall–Kier alpha value is -1.89. The third-order valence-corrected chi connectivity index (χ3v) is 4.78. The monoisotopic (exact) mass is 324 g/mol. The van der Waals surface area contributed by atoms with E-state index in [2.05, 4.69) is 0 Å². The summed E-state index contributed by atoms with van der Waals surface area (Å²) in [6.07, 6.45) is 1.25. The lowest BCUT2D eigenvalue weighted by Gasteiger charge is -2.36. The summed E-state index contributed by atoms with van der Waals surface area (Å²) in [6.45, 7) is 2.32. The van der Waals surface area contributed by atoms with Gasteiger partial charge in [-0.15, -0.1) is 11.3 Å². The molecule has 0 aromatic carbocycles. The molecule has 0 bridgehead atoms. The molecule has 1 aromatic heterocycles. The normalized spacial score (nSPS) is 21.5. The molecule has 7 heteroatoms. The van der Waals surface area contributed by atoms with Crippen LogP contribution < -0.4 is 0 Å². The average Bonchev–Trinajstić information content (AvgIpc) is 3.00. The predicted molar refractivity (Wildman–Crippen MR) is 82.8 cm³/mol. The van der Waals surface area contributed by atoms with Crippen molar-refractivity contribution in [1.82, 2.24) is 9.80 Å². The fraction of sp³-hybridized carbons (Fsp3) is 0.533. The van der Waals surface area contributed by atoms with Gasteiger partial charge in [-0.1, -0.05) is 13.0 Å². The Morgan fingerprint density at radius 2 is 2.18 bits per heavy atom. The Bertz CT molecular complexity index is 558. The van der Waals surface area contributed by atoms with Gasteiger partial charge in [0, 0.05) is 13.6 Å². The van der Waals surface area contributed by atoms with E-state index < -0.39 is 12.0 Å². The number of amides is 2. The van der Waals surface area contributed by atoms with Crippen LogP contribution in [0.4, 0.5) is 0 Å². The second-order valence-electron chi connectivity index (χ2n) is 5.71. The summed E-state index contributed by atoms with van der Waals surface area (Å²) < 4.78 is 0. The Kier molecular flexibility index (Phi) is 5.18. The van der Waals surface area contributed by atoms with Crippen LogP contribution in [0, 0.1) is 5.92 Å². The highest BCUT2D eigenvalue weighted by Gasteiger charge is 2.35. The van der Waals surface area contributed by atoms with Crippen LogP contribution >= 0.6 is 11.3 Å². The van der Waals surface area contributed by atoms with Gasteiger partial charge in [-0.3, -0.25) is 9.59 Å². The summed E-state index contributed by atoms with van der Waals surface area (Å²) in [5.41, 5.74) is 0. The summed E-state index contributed by atoms with van der Waals surface area (Å²) in [7, 11) is 1.56. The smallest absolute Gasteiger partial charge is 0.326 e. The summed E-state index contributed by atoms with van der Waals surface area (Å²) in [4.78, 5) is 39.2. The van der Waals surface area contributed by atoms with Crippen LogP contribution in [0.3, 0.4) is 0 Å². The van der Waals surface area contributed by atoms with Gasteiger partial charge in [0.05, 0.1) is 11.4 Å². The molecule has 1 aromatic rings. The maximum absolute atomic E-state index is 12.4. The number of carbonyl (C=O) groups excluding carboxylic acids is 2. The Morgan fingerprint density at radius 3 is 2.77 bits per heavy atom. The lowest BCUT2D eigenvalue weighted by atomic mass is 9.92. The minimum Gasteiger partial charge on any atom is -0.480 e. The lowest BCUT2D eigenvalue weighted by molar-refractivity contribution is -0.153. The van der Waals surface area contributed by atoms with E-state index in [9.17, 15) is 19.5 Å². The molecule has 0 aliphatic carbocycles. The van der Waals surface area contributed by atoms with Crippen molar-refractivity contribution in [2.45, 2.75) is 25.8 Å². The molecule has 1 saturated heterocycles. The molecular weight excluding hydrogens is 304 g/mol. The number of carbonyl (C=O) groups is 3. The molecule has 0 spiro atoms. The number of rotatable bonds is 4. The minimum atomic E-state index is -0.980. The molecule has 1 aliphatic heterocycles. The zero-order valence-corrected chi connectivity index (χ0v) is 13.5. The van der Waals surface area contributed by atoms with Crippen LogP contribution in [-0.2, 0) is 9.59 Å². The van der Waals surface area contributed by atoms with Gasteiger partial charge in [0.15, 0.2) is 0 Å². The molecule has 2 heterocycles. The van der Waals surface area contributed by atoms with Gasteiger partial charge < -0.3 is 14.9 Å². The van der Waals surface area contributed by atoms with E-state index in [1.165, 1.54) is 21.1 Å². The topological polar surface area (TPSA) is 77.9 Å². The second kappa shape index (κ2) is 6.91. The van der Waals surface area contributed by atoms with E-state index in [1.807, 2.05) is 6.92 Å². The molecule has 0 radical (unpaired) electrons. The van der Waals surface area contributed by atoms with Gasteiger partial charge in [0.25, 0.3) is 5.91 Å². The standard InChI is InChI=1S/C15H20N2O4S/c1-10-5-6-17(11(8-10)15(20)21)13(18)9-16(2)14(19)12-4-3-7-22-12/h3-4,7,10-11H,5-6,8-9H2,1-2H3,(H,20,21). The van der Waals surface area contributed by atoms with Crippen molar-refractivity contribution in [3.63, 3.8) is 0 Å². The van der Waals surface area contributed by atoms with E-state index in [0.29, 0.717) is 17.8 Å². The highest BCUT2D eigenvalue weighted by atomic mass is 32.1.